The third-order valence-corrected chi connectivity index (χ3v) is 4.07. The summed E-state index contributed by atoms with van der Waals surface area (Å²) in [6, 6.07) is 10.2. The third-order valence-electron chi connectivity index (χ3n) is 2.33. The standard InChI is InChI=1S/C13H9N2S2/c1-9-14-7-12(17-9)11-8-16-13(15-11)10-5-3-2-4-6-10/h2-7H,1H3. The van der Waals surface area contributed by atoms with Gasteiger partial charge in [0.05, 0.1) is 15.3 Å². The second-order valence-electron chi connectivity index (χ2n) is 3.58. The molecule has 1 radical (unpaired) electrons. The lowest BCUT2D eigenvalue weighted by Crippen LogP contribution is -1.76. The average Bonchev–Trinajstić information content (AvgIpc) is 2.98. The molecule has 0 bridgehead atoms. The molecule has 0 unspecified atom stereocenters. The van der Waals surface area contributed by atoms with Gasteiger partial charge in [-0.1, -0.05) is 30.3 Å². The Balaban J connectivity index is 1.99. The van der Waals surface area contributed by atoms with Crippen molar-refractivity contribution in [2.75, 3.05) is 0 Å². The van der Waals surface area contributed by atoms with Crippen molar-refractivity contribution in [2.45, 2.75) is 6.92 Å². The van der Waals surface area contributed by atoms with Crippen LogP contribution in [-0.4, -0.2) is 9.97 Å². The Kier molecular flexibility index (Phi) is 2.74. The number of aryl methyl sites for hydroxylation is 1. The zero-order valence-electron chi connectivity index (χ0n) is 9.18. The van der Waals surface area contributed by atoms with Gasteiger partial charge in [-0.3, -0.25) is 0 Å². The Morgan fingerprint density at radius 2 is 2.00 bits per heavy atom. The van der Waals surface area contributed by atoms with Crippen LogP contribution >= 0.6 is 22.7 Å². The van der Waals surface area contributed by atoms with E-state index in [1.165, 1.54) is 0 Å². The molecular formula is C13H9N2S2. The van der Waals surface area contributed by atoms with Crippen LogP contribution in [-0.2, 0) is 0 Å². The fourth-order valence-electron chi connectivity index (χ4n) is 1.52. The number of aromatic nitrogens is 2. The lowest BCUT2D eigenvalue weighted by Gasteiger charge is -1.93. The predicted octanol–water partition coefficient (Wildman–Crippen LogP) is 4.04. The Morgan fingerprint density at radius 3 is 2.71 bits per heavy atom. The smallest absolute Gasteiger partial charge is 0.124 e. The fourth-order valence-corrected chi connectivity index (χ4v) is 3.05. The molecule has 17 heavy (non-hydrogen) atoms. The molecule has 0 saturated carbocycles. The second kappa shape index (κ2) is 4.39. The summed E-state index contributed by atoms with van der Waals surface area (Å²) in [6.45, 7) is 2.00. The van der Waals surface area contributed by atoms with E-state index in [1.54, 1.807) is 22.7 Å². The molecule has 0 fully saturated rings. The van der Waals surface area contributed by atoms with Crippen molar-refractivity contribution in [3.63, 3.8) is 0 Å². The topological polar surface area (TPSA) is 25.8 Å². The first-order valence-corrected chi connectivity index (χ1v) is 6.83. The van der Waals surface area contributed by atoms with Crippen LogP contribution in [0.5, 0.6) is 0 Å². The van der Waals surface area contributed by atoms with Crippen LogP contribution in [0.15, 0.2) is 36.5 Å². The van der Waals surface area contributed by atoms with Crippen LogP contribution in [0.4, 0.5) is 0 Å². The van der Waals surface area contributed by atoms with Gasteiger partial charge < -0.3 is 0 Å². The highest BCUT2D eigenvalue weighted by molar-refractivity contribution is 7.16. The normalized spacial score (nSPS) is 10.6. The van der Waals surface area contributed by atoms with Crippen molar-refractivity contribution in [3.05, 3.63) is 46.9 Å². The van der Waals surface area contributed by atoms with Crippen LogP contribution in [0.25, 0.3) is 21.1 Å². The minimum absolute atomic E-state index is 0.902. The summed E-state index contributed by atoms with van der Waals surface area (Å²) in [5.41, 5.74) is 2.04. The van der Waals surface area contributed by atoms with Crippen molar-refractivity contribution in [2.24, 2.45) is 0 Å². The molecule has 2 aromatic heterocycles. The van der Waals surface area contributed by atoms with Gasteiger partial charge in [-0.2, -0.15) is 0 Å². The molecule has 3 rings (SSSR count). The lowest BCUT2D eigenvalue weighted by molar-refractivity contribution is 1.29. The van der Waals surface area contributed by atoms with E-state index in [1.807, 2.05) is 31.3 Å². The second-order valence-corrected chi connectivity index (χ2v) is 5.61. The van der Waals surface area contributed by atoms with Crippen molar-refractivity contribution in [1.82, 2.24) is 9.97 Å². The highest BCUT2D eigenvalue weighted by atomic mass is 32.1. The average molecular weight is 257 g/mol. The van der Waals surface area contributed by atoms with Gasteiger partial charge in [0.2, 0.25) is 0 Å². The minimum atomic E-state index is 0.902. The quantitative estimate of drug-likeness (QED) is 0.692. The maximum Gasteiger partial charge on any atom is 0.124 e. The Hall–Kier alpha value is -1.52. The van der Waals surface area contributed by atoms with Gasteiger partial charge in [-0.05, 0) is 6.92 Å². The molecule has 4 heteroatoms. The number of hydrogen-bond acceptors (Lipinski definition) is 4. The predicted molar refractivity (Wildman–Crippen MR) is 72.2 cm³/mol. The Bertz CT molecular complexity index is 626. The van der Waals surface area contributed by atoms with Gasteiger partial charge >= 0.3 is 0 Å². The number of benzene rings is 1. The molecule has 0 aliphatic heterocycles. The molecule has 3 aromatic rings. The summed E-state index contributed by atoms with van der Waals surface area (Å²) in [4.78, 5) is 9.92. The molecule has 2 nitrogen and oxygen atoms in total. The van der Waals surface area contributed by atoms with Crippen molar-refractivity contribution >= 4 is 22.7 Å². The lowest BCUT2D eigenvalue weighted by atomic mass is 10.2. The molecule has 1 aromatic carbocycles. The number of thiazole rings is 2. The summed E-state index contributed by atoms with van der Waals surface area (Å²) in [6.07, 6.45) is 1.86. The van der Waals surface area contributed by atoms with E-state index in [0.29, 0.717) is 0 Å². The van der Waals surface area contributed by atoms with E-state index >= 15 is 0 Å². The zero-order chi connectivity index (χ0) is 11.7. The minimum Gasteiger partial charge on any atom is -0.249 e. The molecular weight excluding hydrogens is 248 g/mol. The van der Waals surface area contributed by atoms with Crippen molar-refractivity contribution < 1.29 is 0 Å². The summed E-state index contributed by atoms with van der Waals surface area (Å²) >= 11 is 3.20. The largest absolute Gasteiger partial charge is 0.249 e. The van der Waals surface area contributed by atoms with Gasteiger partial charge in [-0.15, -0.1) is 22.7 Å². The summed E-state index contributed by atoms with van der Waals surface area (Å²) in [5.74, 6) is 0. The number of rotatable bonds is 2. The fraction of sp³-hybridized carbons (Fsp3) is 0.0769. The van der Waals surface area contributed by atoms with Gasteiger partial charge in [-0.25, -0.2) is 9.97 Å². The SMILES string of the molecule is Cc1ncc(-c2[c]sc(-c3ccccc3)n2)s1. The molecule has 0 spiro atoms. The van der Waals surface area contributed by atoms with Crippen LogP contribution in [0.3, 0.4) is 0 Å². The van der Waals surface area contributed by atoms with Crippen molar-refractivity contribution in [3.8, 4) is 21.1 Å². The van der Waals surface area contributed by atoms with E-state index in [2.05, 4.69) is 27.5 Å². The Morgan fingerprint density at radius 1 is 1.18 bits per heavy atom. The number of nitrogens with zero attached hydrogens (tertiary/aromatic N) is 2. The van der Waals surface area contributed by atoms with Crippen LogP contribution in [0.2, 0.25) is 0 Å². The van der Waals surface area contributed by atoms with E-state index in [-0.39, 0.29) is 0 Å². The van der Waals surface area contributed by atoms with Gasteiger partial charge in [0.1, 0.15) is 10.7 Å². The van der Waals surface area contributed by atoms with E-state index in [0.717, 1.165) is 26.1 Å². The first-order valence-electron chi connectivity index (χ1n) is 5.19. The van der Waals surface area contributed by atoms with Gasteiger partial charge in [0.15, 0.2) is 0 Å². The Labute approximate surface area is 108 Å². The summed E-state index contributed by atoms with van der Waals surface area (Å²) < 4.78 is 0. The maximum absolute atomic E-state index is 4.60. The molecule has 0 amide bonds. The molecule has 0 saturated heterocycles. The van der Waals surface area contributed by atoms with Crippen LogP contribution < -0.4 is 0 Å². The molecule has 0 aliphatic carbocycles. The molecule has 0 atom stereocenters. The molecule has 2 heterocycles. The van der Waals surface area contributed by atoms with Crippen molar-refractivity contribution in [1.29, 1.82) is 0 Å². The van der Waals surface area contributed by atoms with E-state index in [4.69, 9.17) is 0 Å². The van der Waals surface area contributed by atoms with E-state index < -0.39 is 0 Å². The highest BCUT2D eigenvalue weighted by Gasteiger charge is 2.08. The molecule has 0 N–H and O–H groups in total. The van der Waals surface area contributed by atoms with Gasteiger partial charge in [0.25, 0.3) is 0 Å². The van der Waals surface area contributed by atoms with Crippen LogP contribution in [0, 0.1) is 12.3 Å². The maximum atomic E-state index is 4.60. The van der Waals surface area contributed by atoms with Crippen LogP contribution in [0.1, 0.15) is 5.01 Å². The highest BCUT2D eigenvalue weighted by Crippen LogP contribution is 2.30. The number of hydrogen-bond donors (Lipinski definition) is 0. The summed E-state index contributed by atoms with van der Waals surface area (Å²) in [5, 5.41) is 5.30. The molecule has 83 valence electrons. The first kappa shape index (κ1) is 10.6. The summed E-state index contributed by atoms with van der Waals surface area (Å²) in [7, 11) is 0. The van der Waals surface area contributed by atoms with E-state index in [9.17, 15) is 0 Å². The third kappa shape index (κ3) is 2.14. The van der Waals surface area contributed by atoms with Gasteiger partial charge in [0, 0.05) is 11.8 Å². The molecule has 0 aliphatic rings. The first-order chi connectivity index (χ1) is 8.33. The monoisotopic (exact) mass is 257 g/mol. The zero-order valence-corrected chi connectivity index (χ0v) is 10.8.